The number of carbonyl (C=O) groups excluding carboxylic acids is 2. The highest BCUT2D eigenvalue weighted by Gasteiger charge is 2.49. The van der Waals surface area contributed by atoms with Gasteiger partial charge in [-0.05, 0) is 23.8 Å². The average Bonchev–Trinajstić information content (AvgIpc) is 3.35. The predicted octanol–water partition coefficient (Wildman–Crippen LogP) is 3.76. The number of imidazole rings is 1. The van der Waals surface area contributed by atoms with E-state index < -0.39 is 5.72 Å². The van der Waals surface area contributed by atoms with E-state index in [-0.39, 0.29) is 24.8 Å². The van der Waals surface area contributed by atoms with Crippen LogP contribution in [0, 0.1) is 12.3 Å². The molecular formula is C27H22N4O3. The Morgan fingerprint density at radius 3 is 2.68 bits per heavy atom. The van der Waals surface area contributed by atoms with Crippen molar-refractivity contribution in [3.8, 4) is 12.3 Å². The van der Waals surface area contributed by atoms with Crippen LogP contribution in [0.1, 0.15) is 39.9 Å². The van der Waals surface area contributed by atoms with Crippen LogP contribution in [-0.4, -0.2) is 31.8 Å². The van der Waals surface area contributed by atoms with Crippen LogP contribution in [0.2, 0.25) is 0 Å². The van der Waals surface area contributed by atoms with Gasteiger partial charge in [-0.3, -0.25) is 19.8 Å². The number of hydrogen-bond donors (Lipinski definition) is 3. The van der Waals surface area contributed by atoms with Crippen molar-refractivity contribution in [2.24, 2.45) is 0 Å². The molecule has 3 N–H and O–H groups in total. The molecule has 0 aliphatic carbocycles. The molecule has 0 saturated carbocycles. The number of benzene rings is 3. The van der Waals surface area contributed by atoms with Crippen molar-refractivity contribution in [3.63, 3.8) is 0 Å². The molecule has 7 nitrogen and oxygen atoms in total. The lowest BCUT2D eigenvalue weighted by atomic mass is 9.93. The van der Waals surface area contributed by atoms with Gasteiger partial charge >= 0.3 is 0 Å². The van der Waals surface area contributed by atoms with Gasteiger partial charge in [-0.25, -0.2) is 4.98 Å². The monoisotopic (exact) mass is 450 g/mol. The lowest BCUT2D eigenvalue weighted by molar-refractivity contribution is -0.116. The molecule has 0 spiro atoms. The minimum atomic E-state index is -1.67. The SMILES string of the molecule is C#CCCC(=O)Nc1nc2ccc(C3(O)c4ccccc4C(=O)N3Cc3ccccc3)cc2[nH]1. The Kier molecular flexibility index (Phi) is 5.36. The van der Waals surface area contributed by atoms with Crippen molar-refractivity contribution >= 4 is 28.8 Å². The van der Waals surface area contributed by atoms with Gasteiger partial charge in [0.25, 0.3) is 5.91 Å². The number of nitrogens with one attached hydrogen (secondary N) is 2. The second-order valence-corrected chi connectivity index (χ2v) is 8.16. The number of carbonyl (C=O) groups is 2. The summed E-state index contributed by atoms with van der Waals surface area (Å²) in [5, 5.41) is 14.8. The first-order valence-corrected chi connectivity index (χ1v) is 10.9. The number of H-pyrrole nitrogens is 1. The first-order valence-electron chi connectivity index (χ1n) is 10.9. The van der Waals surface area contributed by atoms with E-state index in [1.807, 2.05) is 36.4 Å². The second-order valence-electron chi connectivity index (χ2n) is 8.16. The quantitative estimate of drug-likeness (QED) is 0.390. The molecule has 4 aromatic rings. The molecule has 34 heavy (non-hydrogen) atoms. The van der Waals surface area contributed by atoms with Crippen LogP contribution in [0.5, 0.6) is 0 Å². The maximum atomic E-state index is 13.3. The Labute approximate surface area is 196 Å². The molecule has 0 fully saturated rings. The summed E-state index contributed by atoms with van der Waals surface area (Å²) in [6.45, 7) is 0.238. The van der Waals surface area contributed by atoms with Crippen LogP contribution in [0.3, 0.4) is 0 Å². The molecule has 2 amide bonds. The highest BCUT2D eigenvalue weighted by atomic mass is 16.3. The second kappa shape index (κ2) is 8.50. The minimum Gasteiger partial charge on any atom is -0.363 e. The third-order valence-corrected chi connectivity index (χ3v) is 5.99. The van der Waals surface area contributed by atoms with E-state index in [4.69, 9.17) is 6.42 Å². The lowest BCUT2D eigenvalue weighted by Gasteiger charge is -2.35. The van der Waals surface area contributed by atoms with E-state index in [1.54, 1.807) is 36.4 Å². The van der Waals surface area contributed by atoms with Crippen LogP contribution < -0.4 is 5.32 Å². The normalized spacial score (nSPS) is 16.9. The van der Waals surface area contributed by atoms with Crippen LogP contribution >= 0.6 is 0 Å². The molecule has 0 bridgehead atoms. The van der Waals surface area contributed by atoms with Gasteiger partial charge in [-0.15, -0.1) is 12.3 Å². The third kappa shape index (κ3) is 3.60. The average molecular weight is 450 g/mol. The summed E-state index contributed by atoms with van der Waals surface area (Å²) >= 11 is 0. The molecule has 2 heterocycles. The third-order valence-electron chi connectivity index (χ3n) is 5.99. The molecule has 0 radical (unpaired) electrons. The summed E-state index contributed by atoms with van der Waals surface area (Å²) in [6.07, 6.45) is 5.76. The number of terminal acetylenes is 1. The van der Waals surface area contributed by atoms with Crippen molar-refractivity contribution in [2.75, 3.05) is 5.32 Å². The number of aliphatic hydroxyl groups is 1. The Hall–Kier alpha value is -4.41. The van der Waals surface area contributed by atoms with Gasteiger partial charge in [0.15, 0.2) is 5.72 Å². The first-order chi connectivity index (χ1) is 16.5. The summed E-state index contributed by atoms with van der Waals surface area (Å²) in [5.41, 5.74) is 1.98. The van der Waals surface area contributed by atoms with Gasteiger partial charge in [-0.1, -0.05) is 54.6 Å². The minimum absolute atomic E-state index is 0.200. The zero-order valence-corrected chi connectivity index (χ0v) is 18.3. The standard InChI is InChI=1S/C27H22N4O3/c1-2-3-13-24(32)30-26-28-22-15-14-19(16-23(22)29-26)27(34)21-12-8-7-11-20(21)25(33)31(27)17-18-9-5-4-6-10-18/h1,4-12,14-16,34H,3,13,17H2,(H2,28,29,30,32). The molecule has 1 unspecified atom stereocenters. The Balaban J connectivity index is 1.55. The summed E-state index contributed by atoms with van der Waals surface area (Å²) in [7, 11) is 0. The van der Waals surface area contributed by atoms with Gasteiger partial charge in [0, 0.05) is 36.1 Å². The summed E-state index contributed by atoms with van der Waals surface area (Å²) in [4.78, 5) is 34.3. The molecule has 0 saturated heterocycles. The van der Waals surface area contributed by atoms with E-state index in [0.717, 1.165) is 5.56 Å². The molecule has 1 aromatic heterocycles. The van der Waals surface area contributed by atoms with Crippen molar-refractivity contribution < 1.29 is 14.7 Å². The highest BCUT2D eigenvalue weighted by Crippen LogP contribution is 2.43. The topological polar surface area (TPSA) is 98.3 Å². The van der Waals surface area contributed by atoms with Crippen molar-refractivity contribution in [1.82, 2.24) is 14.9 Å². The van der Waals surface area contributed by atoms with Gasteiger partial charge < -0.3 is 10.1 Å². The molecule has 1 atom stereocenters. The Morgan fingerprint density at radius 2 is 1.88 bits per heavy atom. The Bertz CT molecular complexity index is 1440. The molecule has 168 valence electrons. The number of hydrogen-bond acceptors (Lipinski definition) is 4. The number of rotatable bonds is 6. The maximum Gasteiger partial charge on any atom is 0.257 e. The molecule has 3 aromatic carbocycles. The number of amides is 2. The van der Waals surface area contributed by atoms with Crippen LogP contribution in [0.25, 0.3) is 11.0 Å². The zero-order valence-electron chi connectivity index (χ0n) is 18.3. The van der Waals surface area contributed by atoms with Crippen LogP contribution in [0.15, 0.2) is 72.8 Å². The summed E-state index contributed by atoms with van der Waals surface area (Å²) < 4.78 is 0. The van der Waals surface area contributed by atoms with Crippen LogP contribution in [0.4, 0.5) is 5.95 Å². The van der Waals surface area contributed by atoms with E-state index >= 15 is 0 Å². The maximum absolute atomic E-state index is 13.3. The first kappa shape index (κ1) is 21.4. The highest BCUT2D eigenvalue weighted by molar-refractivity contribution is 6.00. The van der Waals surface area contributed by atoms with E-state index in [2.05, 4.69) is 21.2 Å². The molecule has 7 heteroatoms. The van der Waals surface area contributed by atoms with Gasteiger partial charge in [0.2, 0.25) is 11.9 Å². The largest absolute Gasteiger partial charge is 0.363 e. The Morgan fingerprint density at radius 1 is 1.12 bits per heavy atom. The van der Waals surface area contributed by atoms with Gasteiger partial charge in [-0.2, -0.15) is 0 Å². The van der Waals surface area contributed by atoms with Crippen molar-refractivity contribution in [1.29, 1.82) is 0 Å². The van der Waals surface area contributed by atoms with Gasteiger partial charge in [0.1, 0.15) is 0 Å². The van der Waals surface area contributed by atoms with Crippen LogP contribution in [-0.2, 0) is 17.1 Å². The number of fused-ring (bicyclic) bond motifs is 2. The number of nitrogens with zero attached hydrogens (tertiary/aromatic N) is 2. The fraction of sp³-hybridized carbons (Fsp3) is 0.148. The van der Waals surface area contributed by atoms with Crippen molar-refractivity contribution in [2.45, 2.75) is 25.1 Å². The zero-order chi connectivity index (χ0) is 23.7. The van der Waals surface area contributed by atoms with E-state index in [0.29, 0.717) is 40.1 Å². The molecule has 1 aliphatic heterocycles. The smallest absolute Gasteiger partial charge is 0.257 e. The summed E-state index contributed by atoms with van der Waals surface area (Å²) in [6, 6.07) is 21.9. The predicted molar refractivity (Wildman–Crippen MR) is 129 cm³/mol. The fourth-order valence-corrected chi connectivity index (χ4v) is 4.34. The molecule has 5 rings (SSSR count). The lowest BCUT2D eigenvalue weighted by Crippen LogP contribution is -2.44. The van der Waals surface area contributed by atoms with E-state index in [1.165, 1.54) is 4.90 Å². The number of aromatic nitrogens is 2. The molecule has 1 aliphatic rings. The van der Waals surface area contributed by atoms with E-state index in [9.17, 15) is 14.7 Å². The summed E-state index contributed by atoms with van der Waals surface area (Å²) in [5.74, 6) is 2.25. The molecular weight excluding hydrogens is 428 g/mol. The van der Waals surface area contributed by atoms with Crippen molar-refractivity contribution in [3.05, 3.63) is 95.1 Å². The number of aromatic amines is 1. The van der Waals surface area contributed by atoms with Gasteiger partial charge in [0.05, 0.1) is 11.0 Å². The fourth-order valence-electron chi connectivity index (χ4n) is 4.34. The number of anilines is 1.